The monoisotopic (exact) mass is 376 g/mol. The van der Waals surface area contributed by atoms with E-state index in [1.165, 1.54) is 4.68 Å². The van der Waals surface area contributed by atoms with E-state index in [0.717, 1.165) is 31.4 Å². The van der Waals surface area contributed by atoms with Gasteiger partial charge < -0.3 is 0 Å². The second-order valence-electron chi connectivity index (χ2n) is 6.57. The van der Waals surface area contributed by atoms with Gasteiger partial charge in [0, 0.05) is 11.1 Å². The number of benzene rings is 2. The van der Waals surface area contributed by atoms with Crippen LogP contribution in [0, 0.1) is 0 Å². The Balaban J connectivity index is 2.07. The largest absolute Gasteiger partial charge is 0.292 e. The van der Waals surface area contributed by atoms with Crippen molar-refractivity contribution in [1.82, 2.24) is 15.2 Å². The number of hydrogen-bond acceptors (Lipinski definition) is 4. The minimum atomic E-state index is -0.425. The third-order valence-corrected chi connectivity index (χ3v) is 4.41. The van der Waals surface area contributed by atoms with Crippen molar-refractivity contribution in [3.63, 3.8) is 0 Å². The van der Waals surface area contributed by atoms with E-state index in [9.17, 15) is 9.59 Å². The van der Waals surface area contributed by atoms with Gasteiger partial charge in [0.15, 0.2) is 5.69 Å². The SMILES string of the molecule is CCCC(CCC)=NNC(=O)c1nn(-c2ccccc2)c(=O)c2ccccc12. The summed E-state index contributed by atoms with van der Waals surface area (Å²) >= 11 is 0. The van der Waals surface area contributed by atoms with Gasteiger partial charge in [-0.3, -0.25) is 9.59 Å². The number of nitrogens with one attached hydrogen (secondary N) is 1. The standard InChI is InChI=1S/C22H24N4O2/c1-3-10-16(11-4-2)23-24-21(27)20-18-14-8-9-15-19(18)22(28)26(25-20)17-12-6-5-7-13-17/h5-9,12-15H,3-4,10-11H2,1-2H3,(H,24,27). The van der Waals surface area contributed by atoms with E-state index in [1.807, 2.05) is 18.2 Å². The van der Waals surface area contributed by atoms with Crippen molar-refractivity contribution in [3.05, 3.63) is 70.6 Å². The zero-order valence-electron chi connectivity index (χ0n) is 16.2. The number of hydrogen-bond donors (Lipinski definition) is 1. The number of hydrazone groups is 1. The maximum absolute atomic E-state index is 12.9. The van der Waals surface area contributed by atoms with Gasteiger partial charge in [0.05, 0.1) is 11.1 Å². The highest BCUT2D eigenvalue weighted by Crippen LogP contribution is 2.15. The number of aromatic nitrogens is 2. The highest BCUT2D eigenvalue weighted by molar-refractivity contribution is 6.05. The Morgan fingerprint density at radius 3 is 2.21 bits per heavy atom. The van der Waals surface area contributed by atoms with E-state index >= 15 is 0 Å². The van der Waals surface area contributed by atoms with Crippen molar-refractivity contribution >= 4 is 22.4 Å². The van der Waals surface area contributed by atoms with Crippen LogP contribution in [0.1, 0.15) is 50.0 Å². The Kier molecular flexibility index (Phi) is 6.32. The fourth-order valence-electron chi connectivity index (χ4n) is 3.10. The molecule has 144 valence electrons. The van der Waals surface area contributed by atoms with Crippen LogP contribution in [-0.4, -0.2) is 21.4 Å². The van der Waals surface area contributed by atoms with Crippen LogP contribution < -0.4 is 11.0 Å². The molecule has 1 N–H and O–H groups in total. The molecule has 2 aromatic carbocycles. The number of fused-ring (bicyclic) bond motifs is 1. The third kappa shape index (κ3) is 4.17. The quantitative estimate of drug-likeness (QED) is 0.499. The molecule has 0 aliphatic rings. The molecule has 0 saturated heterocycles. The van der Waals surface area contributed by atoms with Crippen LogP contribution in [0.5, 0.6) is 0 Å². The van der Waals surface area contributed by atoms with Crippen molar-refractivity contribution in [2.75, 3.05) is 0 Å². The van der Waals surface area contributed by atoms with Crippen LogP contribution in [0.4, 0.5) is 0 Å². The minimum absolute atomic E-state index is 0.176. The summed E-state index contributed by atoms with van der Waals surface area (Å²) < 4.78 is 1.26. The molecule has 0 aliphatic carbocycles. The fraction of sp³-hybridized carbons (Fsp3) is 0.273. The summed E-state index contributed by atoms with van der Waals surface area (Å²) in [7, 11) is 0. The molecule has 1 amide bonds. The van der Waals surface area contributed by atoms with Crippen molar-refractivity contribution in [2.24, 2.45) is 5.10 Å². The lowest BCUT2D eigenvalue weighted by molar-refractivity contribution is 0.0950. The Labute approximate surface area is 163 Å². The van der Waals surface area contributed by atoms with Crippen molar-refractivity contribution in [1.29, 1.82) is 0 Å². The number of carbonyl (C=O) groups is 1. The average Bonchev–Trinajstić information content (AvgIpc) is 2.73. The zero-order valence-corrected chi connectivity index (χ0v) is 16.2. The highest BCUT2D eigenvalue weighted by Gasteiger charge is 2.17. The predicted octanol–water partition coefficient (Wildman–Crippen LogP) is 4.07. The van der Waals surface area contributed by atoms with Crippen LogP contribution in [0.25, 0.3) is 16.5 Å². The van der Waals surface area contributed by atoms with Crippen molar-refractivity contribution < 1.29 is 4.79 Å². The first-order valence-electron chi connectivity index (χ1n) is 9.59. The summed E-state index contributed by atoms with van der Waals surface area (Å²) in [5.41, 5.74) is 4.10. The summed E-state index contributed by atoms with van der Waals surface area (Å²) in [4.78, 5) is 25.8. The van der Waals surface area contributed by atoms with Crippen LogP contribution in [-0.2, 0) is 0 Å². The molecule has 0 saturated carbocycles. The highest BCUT2D eigenvalue weighted by atomic mass is 16.2. The van der Waals surface area contributed by atoms with E-state index in [-0.39, 0.29) is 11.3 Å². The van der Waals surface area contributed by atoms with Gasteiger partial charge in [-0.15, -0.1) is 0 Å². The maximum atomic E-state index is 12.9. The topological polar surface area (TPSA) is 76.3 Å². The van der Waals surface area contributed by atoms with E-state index < -0.39 is 5.91 Å². The molecule has 0 aliphatic heterocycles. The molecule has 0 radical (unpaired) electrons. The van der Waals surface area contributed by atoms with Gasteiger partial charge in [-0.25, -0.2) is 5.43 Å². The Morgan fingerprint density at radius 2 is 1.57 bits per heavy atom. The van der Waals surface area contributed by atoms with Gasteiger partial charge >= 0.3 is 0 Å². The van der Waals surface area contributed by atoms with Gasteiger partial charge in [-0.05, 0) is 31.0 Å². The molecule has 0 unspecified atom stereocenters. The number of amides is 1. The van der Waals surface area contributed by atoms with Gasteiger partial charge in [-0.1, -0.05) is 63.1 Å². The molecule has 1 heterocycles. The van der Waals surface area contributed by atoms with Crippen LogP contribution >= 0.6 is 0 Å². The van der Waals surface area contributed by atoms with E-state index in [4.69, 9.17) is 0 Å². The van der Waals surface area contributed by atoms with E-state index in [1.54, 1.807) is 36.4 Å². The molecular formula is C22H24N4O2. The average molecular weight is 376 g/mol. The van der Waals surface area contributed by atoms with Crippen LogP contribution in [0.15, 0.2) is 64.5 Å². The summed E-state index contributed by atoms with van der Waals surface area (Å²) in [6.45, 7) is 4.16. The van der Waals surface area contributed by atoms with Gasteiger partial charge in [-0.2, -0.15) is 14.9 Å². The molecule has 28 heavy (non-hydrogen) atoms. The van der Waals surface area contributed by atoms with Crippen LogP contribution in [0.2, 0.25) is 0 Å². The second kappa shape index (κ2) is 9.08. The molecule has 0 bridgehead atoms. The Hall–Kier alpha value is -3.28. The molecule has 0 fully saturated rings. The fourth-order valence-corrected chi connectivity index (χ4v) is 3.10. The van der Waals surface area contributed by atoms with Gasteiger partial charge in [0.25, 0.3) is 11.5 Å². The first-order valence-corrected chi connectivity index (χ1v) is 9.59. The summed E-state index contributed by atoms with van der Waals surface area (Å²) in [6.07, 6.45) is 3.61. The lowest BCUT2D eigenvalue weighted by Gasteiger charge is -2.10. The zero-order chi connectivity index (χ0) is 19.9. The number of carbonyl (C=O) groups excluding carboxylic acids is 1. The first kappa shape index (κ1) is 19.5. The molecule has 6 nitrogen and oxygen atoms in total. The smallest absolute Gasteiger partial charge is 0.267 e. The first-order chi connectivity index (χ1) is 13.7. The number of para-hydroxylation sites is 1. The molecule has 3 aromatic rings. The Bertz CT molecular complexity index is 1050. The van der Waals surface area contributed by atoms with Crippen molar-refractivity contribution in [2.45, 2.75) is 39.5 Å². The summed E-state index contributed by atoms with van der Waals surface area (Å²) in [5, 5.41) is 9.62. The summed E-state index contributed by atoms with van der Waals surface area (Å²) in [5.74, 6) is -0.425. The molecule has 6 heteroatoms. The molecule has 1 aromatic heterocycles. The van der Waals surface area contributed by atoms with E-state index in [0.29, 0.717) is 16.5 Å². The lowest BCUT2D eigenvalue weighted by atomic mass is 10.1. The second-order valence-corrected chi connectivity index (χ2v) is 6.57. The molecule has 0 spiro atoms. The van der Waals surface area contributed by atoms with Gasteiger partial charge in [0.2, 0.25) is 0 Å². The number of rotatable bonds is 7. The molecule has 0 atom stereocenters. The van der Waals surface area contributed by atoms with Gasteiger partial charge in [0.1, 0.15) is 0 Å². The maximum Gasteiger partial charge on any atom is 0.292 e. The molecular weight excluding hydrogens is 352 g/mol. The molecule has 3 rings (SSSR count). The van der Waals surface area contributed by atoms with Crippen molar-refractivity contribution in [3.8, 4) is 5.69 Å². The normalized spacial score (nSPS) is 10.6. The predicted molar refractivity (Wildman–Crippen MR) is 112 cm³/mol. The third-order valence-electron chi connectivity index (χ3n) is 4.41. The number of nitrogens with zero attached hydrogens (tertiary/aromatic N) is 3. The summed E-state index contributed by atoms with van der Waals surface area (Å²) in [6, 6.07) is 16.1. The van der Waals surface area contributed by atoms with Crippen LogP contribution in [0.3, 0.4) is 0 Å². The Morgan fingerprint density at radius 1 is 0.964 bits per heavy atom. The van der Waals surface area contributed by atoms with E-state index in [2.05, 4.69) is 29.5 Å². The lowest BCUT2D eigenvalue weighted by Crippen LogP contribution is -2.28. The minimum Gasteiger partial charge on any atom is -0.267 e.